The molecule has 0 fully saturated rings. The molecule has 0 aliphatic rings. The van der Waals surface area contributed by atoms with Crippen molar-refractivity contribution in [1.82, 2.24) is 4.90 Å². The lowest BCUT2D eigenvalue weighted by Gasteiger charge is -2.21. The molecule has 0 aromatic heterocycles. The first-order chi connectivity index (χ1) is 15.4. The van der Waals surface area contributed by atoms with Gasteiger partial charge in [0.2, 0.25) is 0 Å². The Balaban J connectivity index is 1.69. The van der Waals surface area contributed by atoms with E-state index in [9.17, 15) is 0 Å². The van der Waals surface area contributed by atoms with Crippen molar-refractivity contribution in [3.63, 3.8) is 0 Å². The Morgan fingerprint density at radius 2 is 1.38 bits per heavy atom. The van der Waals surface area contributed by atoms with Gasteiger partial charge < -0.3 is 4.90 Å². The molecule has 2 unspecified atom stereocenters. The van der Waals surface area contributed by atoms with Gasteiger partial charge in [0.25, 0.3) is 0 Å². The fourth-order valence-corrected chi connectivity index (χ4v) is 4.51. The van der Waals surface area contributed by atoms with Gasteiger partial charge in [-0.2, -0.15) is 0 Å². The molecular weight excluding hydrogens is 386 g/mol. The predicted molar refractivity (Wildman–Crippen MR) is 140 cm³/mol. The van der Waals surface area contributed by atoms with Crippen LogP contribution in [0.3, 0.4) is 0 Å². The molecule has 3 aromatic carbocycles. The van der Waals surface area contributed by atoms with Crippen LogP contribution in [-0.2, 0) is 25.7 Å². The van der Waals surface area contributed by atoms with Crippen LogP contribution in [0.5, 0.6) is 0 Å². The van der Waals surface area contributed by atoms with Crippen molar-refractivity contribution in [1.29, 1.82) is 0 Å². The molecule has 0 saturated heterocycles. The zero-order valence-electron chi connectivity index (χ0n) is 21.0. The Bertz CT molecular complexity index is 966. The molecule has 3 rings (SSSR count). The van der Waals surface area contributed by atoms with E-state index in [-0.39, 0.29) is 0 Å². The van der Waals surface area contributed by atoms with Crippen LogP contribution in [0.4, 0.5) is 0 Å². The average molecular weight is 428 g/mol. The summed E-state index contributed by atoms with van der Waals surface area (Å²) in [6.07, 6.45) is 5.70. The minimum Gasteiger partial charge on any atom is -0.303 e. The fraction of sp³-hybridized carbons (Fsp3) is 0.419. The van der Waals surface area contributed by atoms with Gasteiger partial charge in [0.1, 0.15) is 0 Å². The Morgan fingerprint density at radius 1 is 0.750 bits per heavy atom. The van der Waals surface area contributed by atoms with Crippen molar-refractivity contribution in [3.8, 4) is 0 Å². The summed E-state index contributed by atoms with van der Waals surface area (Å²) in [4.78, 5) is 2.26. The highest BCUT2D eigenvalue weighted by atomic mass is 15.1. The molecule has 0 spiro atoms. The van der Waals surface area contributed by atoms with E-state index in [4.69, 9.17) is 0 Å². The second-order valence-electron chi connectivity index (χ2n) is 9.71. The molecule has 1 heteroatoms. The Labute approximate surface area is 196 Å². The van der Waals surface area contributed by atoms with Crippen molar-refractivity contribution in [3.05, 3.63) is 106 Å². The van der Waals surface area contributed by atoms with Crippen LogP contribution in [0, 0.1) is 6.92 Å². The summed E-state index contributed by atoms with van der Waals surface area (Å²) in [7, 11) is 4.28. The van der Waals surface area contributed by atoms with Crippen molar-refractivity contribution >= 4 is 0 Å². The maximum Gasteiger partial charge on any atom is 0.0313 e. The van der Waals surface area contributed by atoms with Gasteiger partial charge in [-0.25, -0.2) is 0 Å². The quantitative estimate of drug-likeness (QED) is 0.320. The molecule has 170 valence electrons. The molecule has 0 amide bonds. The summed E-state index contributed by atoms with van der Waals surface area (Å²) in [6, 6.07) is 25.9. The lowest BCUT2D eigenvalue weighted by atomic mass is 9.86. The van der Waals surface area contributed by atoms with Gasteiger partial charge >= 0.3 is 0 Å². The number of nitrogens with zero attached hydrogens (tertiary/aromatic N) is 1. The standard InChI is InChI=1S/C31H41N/c1-7-26-17-20-31(30(22-26)10-8-9-27-13-11-23(2)12-14-27)24(3)21-28-15-18-29(19-16-28)25(4)32(5)6/h11-20,22,24-25H,7-10,21H2,1-6H3. The Morgan fingerprint density at radius 3 is 2.00 bits per heavy atom. The highest BCUT2D eigenvalue weighted by Crippen LogP contribution is 2.27. The zero-order chi connectivity index (χ0) is 23.1. The Kier molecular flexibility index (Phi) is 8.70. The highest BCUT2D eigenvalue weighted by molar-refractivity contribution is 5.36. The van der Waals surface area contributed by atoms with E-state index in [0.29, 0.717) is 12.0 Å². The van der Waals surface area contributed by atoms with Crippen LogP contribution >= 0.6 is 0 Å². The third kappa shape index (κ3) is 6.56. The first-order valence-corrected chi connectivity index (χ1v) is 12.3. The van der Waals surface area contributed by atoms with E-state index in [2.05, 4.69) is 113 Å². The van der Waals surface area contributed by atoms with Crippen LogP contribution < -0.4 is 0 Å². The maximum atomic E-state index is 2.46. The Hall–Kier alpha value is -2.38. The van der Waals surface area contributed by atoms with Crippen LogP contribution in [0.25, 0.3) is 0 Å². The molecule has 0 radical (unpaired) electrons. The SMILES string of the molecule is CCc1ccc(C(C)Cc2ccc(C(C)N(C)C)cc2)c(CCCc2ccc(C)cc2)c1. The first-order valence-electron chi connectivity index (χ1n) is 12.3. The summed E-state index contributed by atoms with van der Waals surface area (Å²) >= 11 is 0. The zero-order valence-corrected chi connectivity index (χ0v) is 21.0. The van der Waals surface area contributed by atoms with E-state index < -0.39 is 0 Å². The lowest BCUT2D eigenvalue weighted by molar-refractivity contribution is 0.321. The van der Waals surface area contributed by atoms with Crippen molar-refractivity contribution in [2.24, 2.45) is 0 Å². The van der Waals surface area contributed by atoms with E-state index >= 15 is 0 Å². The fourth-order valence-electron chi connectivity index (χ4n) is 4.51. The smallest absolute Gasteiger partial charge is 0.0313 e. The van der Waals surface area contributed by atoms with Crippen molar-refractivity contribution < 1.29 is 0 Å². The summed E-state index contributed by atoms with van der Waals surface area (Å²) < 4.78 is 0. The van der Waals surface area contributed by atoms with E-state index in [0.717, 1.165) is 25.7 Å². The highest BCUT2D eigenvalue weighted by Gasteiger charge is 2.13. The van der Waals surface area contributed by atoms with Crippen molar-refractivity contribution in [2.45, 2.75) is 71.8 Å². The van der Waals surface area contributed by atoms with Gasteiger partial charge in [-0.3, -0.25) is 0 Å². The molecule has 0 aliphatic heterocycles. The molecule has 32 heavy (non-hydrogen) atoms. The summed E-state index contributed by atoms with van der Waals surface area (Å²) in [5, 5.41) is 0. The van der Waals surface area contributed by atoms with Crippen LogP contribution in [0.15, 0.2) is 66.7 Å². The van der Waals surface area contributed by atoms with Gasteiger partial charge in [-0.1, -0.05) is 86.1 Å². The summed E-state index contributed by atoms with van der Waals surface area (Å²) in [6.45, 7) is 9.06. The molecular formula is C31H41N. The average Bonchev–Trinajstić information content (AvgIpc) is 2.80. The second-order valence-corrected chi connectivity index (χ2v) is 9.71. The normalized spacial score (nSPS) is 13.3. The molecule has 0 N–H and O–H groups in total. The van der Waals surface area contributed by atoms with Crippen LogP contribution in [0.1, 0.15) is 78.1 Å². The van der Waals surface area contributed by atoms with E-state index in [1.165, 1.54) is 39.8 Å². The minimum absolute atomic E-state index is 0.447. The topological polar surface area (TPSA) is 3.24 Å². The molecule has 0 aliphatic carbocycles. The number of hydrogen-bond acceptors (Lipinski definition) is 1. The van der Waals surface area contributed by atoms with E-state index in [1.807, 2.05) is 0 Å². The molecule has 3 aromatic rings. The molecule has 0 heterocycles. The molecule has 2 atom stereocenters. The number of rotatable bonds is 10. The van der Waals surface area contributed by atoms with E-state index in [1.54, 1.807) is 5.56 Å². The number of hydrogen-bond donors (Lipinski definition) is 0. The third-order valence-corrected chi connectivity index (χ3v) is 6.96. The molecule has 1 nitrogen and oxygen atoms in total. The van der Waals surface area contributed by atoms with Crippen LogP contribution in [0.2, 0.25) is 0 Å². The van der Waals surface area contributed by atoms with Crippen LogP contribution in [-0.4, -0.2) is 19.0 Å². The molecule has 0 bridgehead atoms. The minimum atomic E-state index is 0.447. The largest absolute Gasteiger partial charge is 0.303 e. The summed E-state index contributed by atoms with van der Waals surface area (Å²) in [5.74, 6) is 0.521. The monoisotopic (exact) mass is 427 g/mol. The number of benzene rings is 3. The lowest BCUT2D eigenvalue weighted by Crippen LogP contribution is -2.16. The van der Waals surface area contributed by atoms with Gasteiger partial charge in [-0.05, 0) is 99.3 Å². The third-order valence-electron chi connectivity index (χ3n) is 6.96. The van der Waals surface area contributed by atoms with Gasteiger partial charge in [0, 0.05) is 6.04 Å². The maximum absolute atomic E-state index is 2.46. The van der Waals surface area contributed by atoms with Gasteiger partial charge in [0.15, 0.2) is 0 Å². The second kappa shape index (κ2) is 11.5. The van der Waals surface area contributed by atoms with Gasteiger partial charge in [0.05, 0.1) is 0 Å². The first kappa shape index (κ1) is 24.3. The van der Waals surface area contributed by atoms with Gasteiger partial charge in [-0.15, -0.1) is 0 Å². The van der Waals surface area contributed by atoms with Crippen molar-refractivity contribution in [2.75, 3.05) is 14.1 Å². The predicted octanol–water partition coefficient (Wildman–Crippen LogP) is 7.70. The molecule has 0 saturated carbocycles. The number of aryl methyl sites for hydroxylation is 4. The summed E-state index contributed by atoms with van der Waals surface area (Å²) in [5.41, 5.74) is 10.1.